The van der Waals surface area contributed by atoms with Crippen molar-refractivity contribution in [1.82, 2.24) is 0 Å². The van der Waals surface area contributed by atoms with Gasteiger partial charge in [-0.1, -0.05) is 64.1 Å². The van der Waals surface area contributed by atoms with E-state index >= 15 is 0 Å². The Balaban J connectivity index is 2.04. The van der Waals surface area contributed by atoms with Crippen LogP contribution in [0.1, 0.15) is 44.4 Å². The first-order valence-corrected chi connectivity index (χ1v) is 7.42. The Labute approximate surface area is 123 Å². The van der Waals surface area contributed by atoms with Crippen molar-refractivity contribution in [2.24, 2.45) is 0 Å². The third-order valence-electron chi connectivity index (χ3n) is 3.73. The third-order valence-corrected chi connectivity index (χ3v) is 3.73. The van der Waals surface area contributed by atoms with E-state index in [9.17, 15) is 0 Å². The molecule has 2 aromatic rings. The second-order valence-electron chi connectivity index (χ2n) is 6.30. The van der Waals surface area contributed by atoms with Gasteiger partial charge in [-0.05, 0) is 40.7 Å². The topological polar surface area (TPSA) is 12.0 Å². The Morgan fingerprint density at radius 3 is 2.00 bits per heavy atom. The standard InChI is InChI=1S/C19H25N/c1-5-15-8-6-7-9-16(15)14-20-18-12-10-17(11-13-18)19(2,3)4/h6-13,20H,5,14H2,1-4H3. The summed E-state index contributed by atoms with van der Waals surface area (Å²) < 4.78 is 0. The van der Waals surface area contributed by atoms with Crippen molar-refractivity contribution in [3.8, 4) is 0 Å². The first-order valence-electron chi connectivity index (χ1n) is 7.42. The van der Waals surface area contributed by atoms with Crippen LogP contribution >= 0.6 is 0 Å². The average Bonchev–Trinajstić information content (AvgIpc) is 2.45. The van der Waals surface area contributed by atoms with Gasteiger partial charge in [0.05, 0.1) is 0 Å². The maximum Gasteiger partial charge on any atom is 0.0403 e. The molecule has 0 aliphatic heterocycles. The Kier molecular flexibility index (Phi) is 4.49. The number of benzene rings is 2. The predicted molar refractivity (Wildman–Crippen MR) is 88.3 cm³/mol. The number of anilines is 1. The highest BCUT2D eigenvalue weighted by atomic mass is 14.9. The van der Waals surface area contributed by atoms with Crippen LogP contribution in [0.3, 0.4) is 0 Å². The van der Waals surface area contributed by atoms with Gasteiger partial charge in [0.15, 0.2) is 0 Å². The molecule has 0 heterocycles. The molecule has 20 heavy (non-hydrogen) atoms. The van der Waals surface area contributed by atoms with E-state index in [-0.39, 0.29) is 5.41 Å². The maximum atomic E-state index is 3.51. The molecule has 0 saturated heterocycles. The van der Waals surface area contributed by atoms with Gasteiger partial charge < -0.3 is 5.32 Å². The van der Waals surface area contributed by atoms with Gasteiger partial charge in [0, 0.05) is 12.2 Å². The van der Waals surface area contributed by atoms with Crippen molar-refractivity contribution in [2.45, 2.75) is 46.1 Å². The second kappa shape index (κ2) is 6.13. The molecule has 0 aliphatic carbocycles. The molecule has 0 amide bonds. The average molecular weight is 267 g/mol. The van der Waals surface area contributed by atoms with Crippen molar-refractivity contribution < 1.29 is 0 Å². The molecular formula is C19H25N. The molecule has 0 atom stereocenters. The zero-order chi connectivity index (χ0) is 14.6. The van der Waals surface area contributed by atoms with Crippen molar-refractivity contribution in [2.75, 3.05) is 5.32 Å². The van der Waals surface area contributed by atoms with Crippen molar-refractivity contribution in [3.63, 3.8) is 0 Å². The van der Waals surface area contributed by atoms with Gasteiger partial charge in [0.25, 0.3) is 0 Å². The number of hydrogen-bond acceptors (Lipinski definition) is 1. The summed E-state index contributed by atoms with van der Waals surface area (Å²) in [6.07, 6.45) is 1.08. The Bertz CT molecular complexity index is 547. The fourth-order valence-corrected chi connectivity index (χ4v) is 2.36. The van der Waals surface area contributed by atoms with Crippen LogP contribution in [0.5, 0.6) is 0 Å². The minimum absolute atomic E-state index is 0.216. The van der Waals surface area contributed by atoms with E-state index in [2.05, 4.69) is 81.5 Å². The van der Waals surface area contributed by atoms with Crippen LogP contribution in [0.25, 0.3) is 0 Å². The van der Waals surface area contributed by atoms with E-state index in [1.165, 1.54) is 22.4 Å². The van der Waals surface area contributed by atoms with E-state index in [4.69, 9.17) is 0 Å². The summed E-state index contributed by atoms with van der Waals surface area (Å²) in [5.74, 6) is 0. The lowest BCUT2D eigenvalue weighted by Crippen LogP contribution is -2.10. The number of nitrogens with one attached hydrogen (secondary N) is 1. The SMILES string of the molecule is CCc1ccccc1CNc1ccc(C(C)(C)C)cc1. The van der Waals surface area contributed by atoms with Crippen LogP contribution in [0, 0.1) is 0 Å². The molecule has 106 valence electrons. The van der Waals surface area contributed by atoms with Gasteiger partial charge in [0.1, 0.15) is 0 Å². The normalized spacial score (nSPS) is 11.4. The molecule has 2 aromatic carbocycles. The van der Waals surface area contributed by atoms with E-state index in [0.29, 0.717) is 0 Å². The molecule has 1 N–H and O–H groups in total. The zero-order valence-electron chi connectivity index (χ0n) is 13.0. The quantitative estimate of drug-likeness (QED) is 0.807. The van der Waals surface area contributed by atoms with Crippen molar-refractivity contribution >= 4 is 5.69 Å². The highest BCUT2D eigenvalue weighted by Crippen LogP contribution is 2.23. The molecule has 0 bridgehead atoms. The molecule has 0 aliphatic rings. The van der Waals surface area contributed by atoms with E-state index < -0.39 is 0 Å². The van der Waals surface area contributed by atoms with Gasteiger partial charge in [-0.2, -0.15) is 0 Å². The summed E-state index contributed by atoms with van der Waals surface area (Å²) in [7, 11) is 0. The molecule has 0 spiro atoms. The number of hydrogen-bond donors (Lipinski definition) is 1. The summed E-state index contributed by atoms with van der Waals surface area (Å²) in [5.41, 5.74) is 5.58. The zero-order valence-corrected chi connectivity index (χ0v) is 13.0. The van der Waals surface area contributed by atoms with Gasteiger partial charge in [0.2, 0.25) is 0 Å². The first-order chi connectivity index (χ1) is 9.50. The first kappa shape index (κ1) is 14.6. The predicted octanol–water partition coefficient (Wildman–Crippen LogP) is 5.16. The molecule has 2 rings (SSSR count). The van der Waals surface area contributed by atoms with E-state index in [1.807, 2.05) is 0 Å². The molecule has 0 unspecified atom stereocenters. The lowest BCUT2D eigenvalue weighted by molar-refractivity contribution is 0.590. The third kappa shape index (κ3) is 3.63. The fraction of sp³-hybridized carbons (Fsp3) is 0.368. The highest BCUT2D eigenvalue weighted by molar-refractivity contribution is 5.46. The Morgan fingerprint density at radius 2 is 1.45 bits per heavy atom. The molecule has 1 heteroatoms. The van der Waals surface area contributed by atoms with Crippen LogP contribution in [-0.2, 0) is 18.4 Å². The molecule has 1 nitrogen and oxygen atoms in total. The maximum absolute atomic E-state index is 3.51. The van der Waals surface area contributed by atoms with Gasteiger partial charge in [-0.15, -0.1) is 0 Å². The molecule has 0 fully saturated rings. The van der Waals surface area contributed by atoms with Crippen molar-refractivity contribution in [1.29, 1.82) is 0 Å². The number of aryl methyl sites for hydroxylation is 1. The van der Waals surface area contributed by atoms with Crippen LogP contribution in [0.15, 0.2) is 48.5 Å². The summed E-state index contributed by atoms with van der Waals surface area (Å²) in [4.78, 5) is 0. The Hall–Kier alpha value is -1.76. The van der Waals surface area contributed by atoms with Gasteiger partial charge >= 0.3 is 0 Å². The largest absolute Gasteiger partial charge is 0.381 e. The summed E-state index contributed by atoms with van der Waals surface area (Å²) in [5, 5.41) is 3.51. The van der Waals surface area contributed by atoms with E-state index in [0.717, 1.165) is 13.0 Å². The fourth-order valence-electron chi connectivity index (χ4n) is 2.36. The van der Waals surface area contributed by atoms with Crippen molar-refractivity contribution in [3.05, 3.63) is 65.2 Å². The Morgan fingerprint density at radius 1 is 0.850 bits per heavy atom. The minimum Gasteiger partial charge on any atom is -0.381 e. The molecule has 0 saturated carbocycles. The van der Waals surface area contributed by atoms with Gasteiger partial charge in [-0.3, -0.25) is 0 Å². The molecule has 0 aromatic heterocycles. The summed E-state index contributed by atoms with van der Waals surface area (Å²) in [6.45, 7) is 9.82. The van der Waals surface area contributed by atoms with Crippen LogP contribution < -0.4 is 5.32 Å². The summed E-state index contributed by atoms with van der Waals surface area (Å²) >= 11 is 0. The van der Waals surface area contributed by atoms with Crippen LogP contribution in [-0.4, -0.2) is 0 Å². The lowest BCUT2D eigenvalue weighted by Gasteiger charge is -2.19. The van der Waals surface area contributed by atoms with Gasteiger partial charge in [-0.25, -0.2) is 0 Å². The van der Waals surface area contributed by atoms with Crippen LogP contribution in [0.4, 0.5) is 5.69 Å². The monoisotopic (exact) mass is 267 g/mol. The minimum atomic E-state index is 0.216. The highest BCUT2D eigenvalue weighted by Gasteiger charge is 2.12. The lowest BCUT2D eigenvalue weighted by atomic mass is 9.87. The van der Waals surface area contributed by atoms with E-state index in [1.54, 1.807) is 0 Å². The molecule has 0 radical (unpaired) electrons. The summed E-state index contributed by atoms with van der Waals surface area (Å²) in [6, 6.07) is 17.4. The number of rotatable bonds is 4. The smallest absolute Gasteiger partial charge is 0.0403 e. The second-order valence-corrected chi connectivity index (χ2v) is 6.30. The van der Waals surface area contributed by atoms with Crippen LogP contribution in [0.2, 0.25) is 0 Å². The molecular weight excluding hydrogens is 242 g/mol.